The molecule has 0 saturated heterocycles. The second-order valence-electron chi connectivity index (χ2n) is 6.65. The molecular formula is C19H34N4O3S. The first kappa shape index (κ1) is 23.4. The highest BCUT2D eigenvalue weighted by molar-refractivity contribution is 7.89. The van der Waals surface area contributed by atoms with E-state index in [0.29, 0.717) is 19.0 Å². The lowest BCUT2D eigenvalue weighted by atomic mass is 10.0. The van der Waals surface area contributed by atoms with E-state index < -0.39 is 10.0 Å². The van der Waals surface area contributed by atoms with Gasteiger partial charge in [0, 0.05) is 26.2 Å². The van der Waals surface area contributed by atoms with Crippen molar-refractivity contribution in [2.75, 3.05) is 26.2 Å². The molecule has 0 saturated carbocycles. The number of ether oxygens (including phenoxy) is 1. The number of hydrogen-bond acceptors (Lipinski definition) is 4. The molecular weight excluding hydrogens is 364 g/mol. The fourth-order valence-corrected chi connectivity index (χ4v) is 3.16. The Hall–Kier alpha value is -1.64. The first-order chi connectivity index (χ1) is 12.8. The highest BCUT2D eigenvalue weighted by atomic mass is 32.2. The molecule has 0 radical (unpaired) electrons. The predicted molar refractivity (Wildman–Crippen MR) is 110 cm³/mol. The highest BCUT2D eigenvalue weighted by Gasteiger charge is 2.12. The summed E-state index contributed by atoms with van der Waals surface area (Å²) in [5.74, 6) is 1.24. The van der Waals surface area contributed by atoms with E-state index in [4.69, 9.17) is 9.88 Å². The van der Waals surface area contributed by atoms with Gasteiger partial charge in [0.05, 0.1) is 11.0 Å². The average Bonchev–Trinajstić information content (AvgIpc) is 2.60. The molecule has 1 aromatic carbocycles. The van der Waals surface area contributed by atoms with Crippen molar-refractivity contribution >= 4 is 16.0 Å². The van der Waals surface area contributed by atoms with Crippen LogP contribution in [0.1, 0.15) is 39.7 Å². The Labute approximate surface area is 163 Å². The van der Waals surface area contributed by atoms with E-state index in [1.165, 1.54) is 12.1 Å². The van der Waals surface area contributed by atoms with Crippen LogP contribution in [0.2, 0.25) is 0 Å². The van der Waals surface area contributed by atoms with Crippen LogP contribution in [0.25, 0.3) is 0 Å². The maximum atomic E-state index is 11.3. The zero-order valence-corrected chi connectivity index (χ0v) is 17.7. The molecule has 0 bridgehead atoms. The maximum absolute atomic E-state index is 11.3. The van der Waals surface area contributed by atoms with Crippen LogP contribution in [-0.2, 0) is 21.2 Å². The largest absolute Gasteiger partial charge is 0.378 e. The minimum Gasteiger partial charge on any atom is -0.378 e. The normalized spacial score (nSPS) is 13.6. The predicted octanol–water partition coefficient (Wildman–Crippen LogP) is 1.88. The van der Waals surface area contributed by atoms with Crippen molar-refractivity contribution in [2.24, 2.45) is 16.0 Å². The summed E-state index contributed by atoms with van der Waals surface area (Å²) in [7, 11) is -3.64. The molecule has 154 valence electrons. The summed E-state index contributed by atoms with van der Waals surface area (Å²) < 4.78 is 28.3. The van der Waals surface area contributed by atoms with Crippen LogP contribution in [-0.4, -0.2) is 46.7 Å². The Kier molecular flexibility index (Phi) is 10.4. The van der Waals surface area contributed by atoms with E-state index >= 15 is 0 Å². The molecule has 1 atom stereocenters. The second kappa shape index (κ2) is 11.9. The van der Waals surface area contributed by atoms with Crippen LogP contribution in [0.3, 0.4) is 0 Å². The van der Waals surface area contributed by atoms with Crippen LogP contribution in [0.4, 0.5) is 0 Å². The lowest BCUT2D eigenvalue weighted by molar-refractivity contribution is 0.0266. The first-order valence-electron chi connectivity index (χ1n) is 9.53. The lowest BCUT2D eigenvalue weighted by Crippen LogP contribution is -2.38. The van der Waals surface area contributed by atoms with Crippen molar-refractivity contribution in [3.63, 3.8) is 0 Å². The summed E-state index contributed by atoms with van der Waals surface area (Å²) in [6, 6.07) is 6.62. The number of nitrogens with two attached hydrogens (primary N) is 1. The second-order valence-corrected chi connectivity index (χ2v) is 8.21. The van der Waals surface area contributed by atoms with Gasteiger partial charge < -0.3 is 15.4 Å². The number of nitrogens with zero attached hydrogens (tertiary/aromatic N) is 1. The fraction of sp³-hybridized carbons (Fsp3) is 0.632. The summed E-state index contributed by atoms with van der Waals surface area (Å²) in [5, 5.41) is 11.7. The van der Waals surface area contributed by atoms with Crippen LogP contribution in [0.5, 0.6) is 0 Å². The van der Waals surface area contributed by atoms with Gasteiger partial charge >= 0.3 is 0 Å². The van der Waals surface area contributed by atoms with Crippen molar-refractivity contribution in [2.45, 2.75) is 51.5 Å². The number of sulfonamides is 1. The third-order valence-electron chi connectivity index (χ3n) is 4.11. The van der Waals surface area contributed by atoms with Crippen molar-refractivity contribution in [1.29, 1.82) is 0 Å². The minimum absolute atomic E-state index is 0.128. The monoisotopic (exact) mass is 398 g/mol. The summed E-state index contributed by atoms with van der Waals surface area (Å²) >= 11 is 0. The number of hydrogen-bond donors (Lipinski definition) is 3. The fourth-order valence-electron chi connectivity index (χ4n) is 2.64. The first-order valence-corrected chi connectivity index (χ1v) is 11.1. The van der Waals surface area contributed by atoms with Gasteiger partial charge in [-0.05, 0) is 50.3 Å². The Morgan fingerprint density at radius 3 is 2.37 bits per heavy atom. The maximum Gasteiger partial charge on any atom is 0.238 e. The molecule has 0 aromatic heterocycles. The van der Waals surface area contributed by atoms with E-state index in [-0.39, 0.29) is 11.0 Å². The lowest BCUT2D eigenvalue weighted by Gasteiger charge is -2.20. The molecule has 1 unspecified atom stereocenters. The standard InChI is InChI=1S/C19H34N4O3S/c1-5-21-19(23-14-12-18(15(3)4)26-6-2)22-13-11-16-7-9-17(10-8-16)27(20,24)25/h7-10,15,18H,5-6,11-14H2,1-4H3,(H2,20,24,25)(H2,21,22,23). The molecule has 7 nitrogen and oxygen atoms in total. The zero-order valence-electron chi connectivity index (χ0n) is 16.9. The third-order valence-corrected chi connectivity index (χ3v) is 5.04. The summed E-state index contributed by atoms with van der Waals surface area (Å²) in [6.07, 6.45) is 1.86. The van der Waals surface area contributed by atoms with Gasteiger partial charge in [-0.1, -0.05) is 26.0 Å². The Morgan fingerprint density at radius 1 is 1.19 bits per heavy atom. The molecule has 0 aliphatic rings. The van der Waals surface area contributed by atoms with Gasteiger partial charge in [-0.15, -0.1) is 0 Å². The molecule has 4 N–H and O–H groups in total. The van der Waals surface area contributed by atoms with Gasteiger partial charge in [-0.2, -0.15) is 0 Å². The molecule has 1 rings (SSSR count). The number of aliphatic imine (C=N–C) groups is 1. The van der Waals surface area contributed by atoms with E-state index in [1.54, 1.807) is 12.1 Å². The van der Waals surface area contributed by atoms with Crippen LogP contribution >= 0.6 is 0 Å². The van der Waals surface area contributed by atoms with Gasteiger partial charge in [-0.3, -0.25) is 4.99 Å². The Balaban J connectivity index is 2.52. The number of benzene rings is 1. The molecule has 1 aromatic rings. The average molecular weight is 399 g/mol. The Bertz CT molecular complexity index is 673. The topological polar surface area (TPSA) is 106 Å². The molecule has 0 fully saturated rings. The molecule has 27 heavy (non-hydrogen) atoms. The molecule has 0 aliphatic heterocycles. The molecule has 8 heteroatoms. The van der Waals surface area contributed by atoms with Crippen LogP contribution < -0.4 is 15.8 Å². The van der Waals surface area contributed by atoms with Gasteiger partial charge in [-0.25, -0.2) is 13.6 Å². The number of primary sulfonamides is 1. The van der Waals surface area contributed by atoms with E-state index in [9.17, 15) is 8.42 Å². The quantitative estimate of drug-likeness (QED) is 0.390. The summed E-state index contributed by atoms with van der Waals surface area (Å²) in [4.78, 5) is 4.74. The molecule has 0 amide bonds. The van der Waals surface area contributed by atoms with Crippen molar-refractivity contribution < 1.29 is 13.2 Å². The summed E-state index contributed by atoms with van der Waals surface area (Å²) in [5.41, 5.74) is 1.03. The Morgan fingerprint density at radius 2 is 1.85 bits per heavy atom. The van der Waals surface area contributed by atoms with E-state index in [2.05, 4.69) is 29.5 Å². The van der Waals surface area contributed by atoms with Crippen LogP contribution in [0, 0.1) is 5.92 Å². The van der Waals surface area contributed by atoms with Crippen molar-refractivity contribution in [3.8, 4) is 0 Å². The van der Waals surface area contributed by atoms with Gasteiger partial charge in [0.1, 0.15) is 0 Å². The van der Waals surface area contributed by atoms with Crippen LogP contribution in [0.15, 0.2) is 34.2 Å². The molecule has 0 spiro atoms. The number of guanidine groups is 1. The van der Waals surface area contributed by atoms with E-state index in [0.717, 1.165) is 37.5 Å². The number of rotatable bonds is 11. The molecule has 0 heterocycles. The highest BCUT2D eigenvalue weighted by Crippen LogP contribution is 2.11. The number of nitrogens with one attached hydrogen (secondary N) is 2. The summed E-state index contributed by atoms with van der Waals surface area (Å²) in [6.45, 7) is 11.3. The SMILES string of the molecule is CCNC(=NCCC(OCC)C(C)C)NCCc1ccc(S(N)(=O)=O)cc1. The third kappa shape index (κ3) is 9.21. The van der Waals surface area contributed by atoms with Gasteiger partial charge in [0.15, 0.2) is 5.96 Å². The minimum atomic E-state index is -3.64. The van der Waals surface area contributed by atoms with Gasteiger partial charge in [0.2, 0.25) is 10.0 Å². The van der Waals surface area contributed by atoms with Crippen molar-refractivity contribution in [3.05, 3.63) is 29.8 Å². The van der Waals surface area contributed by atoms with E-state index in [1.807, 2.05) is 13.8 Å². The van der Waals surface area contributed by atoms with Crippen molar-refractivity contribution in [1.82, 2.24) is 10.6 Å². The molecule has 0 aliphatic carbocycles. The zero-order chi connectivity index (χ0) is 20.3. The van der Waals surface area contributed by atoms with Gasteiger partial charge in [0.25, 0.3) is 0 Å². The smallest absolute Gasteiger partial charge is 0.238 e.